The molecule has 1 aliphatic carbocycles. The van der Waals surface area contributed by atoms with Crippen LogP contribution in [-0.2, 0) is 25.7 Å². The van der Waals surface area contributed by atoms with E-state index in [1.54, 1.807) is 22.3 Å². The number of benzene rings is 7. The summed E-state index contributed by atoms with van der Waals surface area (Å²) in [5, 5.41) is 6.67. The van der Waals surface area contributed by atoms with E-state index in [4.69, 9.17) is 18.0 Å². The summed E-state index contributed by atoms with van der Waals surface area (Å²) < 4.78 is 26.8. The zero-order valence-corrected chi connectivity index (χ0v) is 46.7. The second kappa shape index (κ2) is 20.4. The number of hydrogen-bond donors (Lipinski definition) is 0. The van der Waals surface area contributed by atoms with Crippen LogP contribution in [0.2, 0.25) is 0 Å². The predicted octanol–water partition coefficient (Wildman–Crippen LogP) is 22.0. The Morgan fingerprint density at radius 3 is 1.31 bits per heavy atom. The van der Waals surface area contributed by atoms with Gasteiger partial charge in [-0.05, 0) is 186 Å². The number of unbranched alkanes of at least 4 members (excludes halogenated alkanes) is 4. The summed E-state index contributed by atoms with van der Waals surface area (Å²) in [5.41, 5.74) is 20.2. The van der Waals surface area contributed by atoms with Crippen LogP contribution < -0.4 is 4.74 Å². The van der Waals surface area contributed by atoms with Crippen LogP contribution >= 0.6 is 22.7 Å². The first kappa shape index (κ1) is 49.0. The lowest BCUT2D eigenvalue weighted by atomic mass is 9.86. The van der Waals surface area contributed by atoms with Gasteiger partial charge in [0.1, 0.15) is 45.4 Å². The van der Waals surface area contributed by atoms with Crippen molar-refractivity contribution >= 4 is 94.1 Å². The fraction of sp³-hybridized carbons (Fsp3) is 0.250. The first-order chi connectivity index (χ1) is 38.5. The minimum Gasteiger partial charge on any atom is -0.485 e. The molecule has 0 saturated heterocycles. The van der Waals surface area contributed by atoms with E-state index in [0.717, 1.165) is 136 Å². The molecule has 0 bridgehead atoms. The zero-order valence-electron chi connectivity index (χ0n) is 45.1. The van der Waals surface area contributed by atoms with Crippen LogP contribution in [0.15, 0.2) is 171 Å². The minimum atomic E-state index is -0.0198. The van der Waals surface area contributed by atoms with Crippen LogP contribution in [0, 0.1) is 0 Å². The number of rotatable bonds is 17. The summed E-state index contributed by atoms with van der Waals surface area (Å²) in [5.74, 6) is 1.10. The van der Waals surface area contributed by atoms with E-state index in [0.29, 0.717) is 0 Å². The van der Waals surface area contributed by atoms with Crippen LogP contribution in [0.5, 0.6) is 5.75 Å². The van der Waals surface area contributed by atoms with Gasteiger partial charge >= 0.3 is 0 Å². The van der Waals surface area contributed by atoms with Crippen molar-refractivity contribution in [1.29, 1.82) is 0 Å². The SMILES string of the molecule is CCCCc1c(-c2ccc3oc4cc5c(cc4c3c2)OC2C=CC(c3ccccc3)=CC52)sc(-c2sc(-c3ccc4oc5cc6c(cc5c4c3)oc3ccc(-c4ccccc4)cc36)c(CCCC)c2CCCC)c1CCCC. The van der Waals surface area contributed by atoms with Gasteiger partial charge in [-0.25, -0.2) is 0 Å². The number of allylic oxidation sites excluding steroid dienone is 2. The van der Waals surface area contributed by atoms with E-state index in [9.17, 15) is 0 Å². The molecule has 0 N–H and O–H groups in total. The molecule has 2 unspecified atom stereocenters. The fourth-order valence-electron chi connectivity index (χ4n) is 12.6. The van der Waals surface area contributed by atoms with E-state index >= 15 is 0 Å². The highest BCUT2D eigenvalue weighted by Crippen LogP contribution is 2.53. The Labute approximate surface area is 464 Å². The Bertz CT molecular complexity index is 4300. The molecule has 6 heteroatoms. The highest BCUT2D eigenvalue weighted by Gasteiger charge is 2.35. The highest BCUT2D eigenvalue weighted by atomic mass is 32.1. The van der Waals surface area contributed by atoms with E-state index in [-0.39, 0.29) is 12.0 Å². The molecule has 12 aromatic rings. The van der Waals surface area contributed by atoms with Gasteiger partial charge < -0.3 is 18.0 Å². The smallest absolute Gasteiger partial charge is 0.136 e. The molecule has 2 atom stereocenters. The van der Waals surface area contributed by atoms with Crippen molar-refractivity contribution in [3.63, 3.8) is 0 Å². The Kier molecular flexibility index (Phi) is 12.8. The minimum absolute atomic E-state index is 0.0198. The third kappa shape index (κ3) is 8.46. The standard InChI is InChI=1S/C72H64O4S2/c1-5-9-23-49-51(25-11-7-3)71(77-69(49)47-29-33-63-55(37-47)59-41-65-57(39-67(59)75-63)53-35-45(27-31-61(53)73-65)43-19-15-13-16-20-43)72-52(26-12-8-4)50(24-10-6-2)70(78-72)48-30-34-64-56(38-48)60-42-66-58(40-68(60)76-64)54-36-46(28-32-62(54)74-66)44-21-17-14-18-22-44/h13-22,27-42,53,61H,5-12,23-26H2,1-4H3. The van der Waals surface area contributed by atoms with Gasteiger partial charge in [0.05, 0.1) is 0 Å². The lowest BCUT2D eigenvalue weighted by Gasteiger charge is -2.18. The van der Waals surface area contributed by atoms with E-state index in [1.807, 2.05) is 0 Å². The Morgan fingerprint density at radius 2 is 0.808 bits per heavy atom. The molecular weight excluding hydrogens is 993 g/mol. The highest BCUT2D eigenvalue weighted by molar-refractivity contribution is 7.25. The molecule has 0 spiro atoms. The molecule has 4 nitrogen and oxygen atoms in total. The van der Waals surface area contributed by atoms with Gasteiger partial charge in [0.2, 0.25) is 0 Å². The van der Waals surface area contributed by atoms with Crippen LogP contribution in [0.4, 0.5) is 0 Å². The normalized spacial score (nSPS) is 15.2. The van der Waals surface area contributed by atoms with Gasteiger partial charge in [0.25, 0.3) is 0 Å². The van der Waals surface area contributed by atoms with Crippen LogP contribution in [0.1, 0.15) is 118 Å². The Hall–Kier alpha value is -7.38. The number of fused-ring (bicyclic) bond motifs is 12. The molecule has 388 valence electrons. The third-order valence-electron chi connectivity index (χ3n) is 16.8. The van der Waals surface area contributed by atoms with Crippen molar-refractivity contribution in [2.24, 2.45) is 0 Å². The molecule has 0 radical (unpaired) electrons. The lowest BCUT2D eigenvalue weighted by Crippen LogP contribution is -2.16. The molecule has 6 heterocycles. The maximum absolute atomic E-state index is 6.74. The van der Waals surface area contributed by atoms with Crippen LogP contribution in [-0.4, -0.2) is 6.10 Å². The molecule has 78 heavy (non-hydrogen) atoms. The van der Waals surface area contributed by atoms with Gasteiger partial charge in [-0.3, -0.25) is 0 Å². The number of furan rings is 3. The van der Waals surface area contributed by atoms with E-state index < -0.39 is 0 Å². The number of hydrogen-bond acceptors (Lipinski definition) is 6. The Morgan fingerprint density at radius 1 is 0.385 bits per heavy atom. The molecule has 5 aromatic heterocycles. The summed E-state index contributed by atoms with van der Waals surface area (Å²) >= 11 is 4.11. The van der Waals surface area contributed by atoms with Gasteiger partial charge in [-0.15, -0.1) is 22.7 Å². The molecule has 14 rings (SSSR count). The van der Waals surface area contributed by atoms with Crippen LogP contribution in [0.3, 0.4) is 0 Å². The second-order valence-corrected chi connectivity index (χ2v) is 23.9. The molecular formula is C72H64O4S2. The second-order valence-electron chi connectivity index (χ2n) is 21.8. The molecule has 1 aliphatic heterocycles. The number of thiophene rings is 2. The topological polar surface area (TPSA) is 48.7 Å². The summed E-state index contributed by atoms with van der Waals surface area (Å²) in [6.07, 6.45) is 20.4. The summed E-state index contributed by atoms with van der Waals surface area (Å²) in [7, 11) is 0. The molecule has 0 fully saturated rings. The Balaban J connectivity index is 0.889. The summed E-state index contributed by atoms with van der Waals surface area (Å²) in [6.45, 7) is 9.36. The maximum atomic E-state index is 6.74. The lowest BCUT2D eigenvalue weighted by molar-refractivity contribution is 0.269. The molecule has 0 saturated carbocycles. The van der Waals surface area contributed by atoms with Gasteiger partial charge in [-0.2, -0.15) is 0 Å². The van der Waals surface area contributed by atoms with Crippen molar-refractivity contribution in [2.45, 2.75) is 117 Å². The maximum Gasteiger partial charge on any atom is 0.136 e. The van der Waals surface area contributed by atoms with Crippen molar-refractivity contribution in [2.75, 3.05) is 0 Å². The van der Waals surface area contributed by atoms with Gasteiger partial charge in [-0.1, -0.05) is 132 Å². The zero-order chi connectivity index (χ0) is 52.4. The third-order valence-corrected chi connectivity index (χ3v) is 19.6. The fourth-order valence-corrected chi connectivity index (χ4v) is 15.6. The summed E-state index contributed by atoms with van der Waals surface area (Å²) in [4.78, 5) is 5.81. The molecule has 7 aromatic carbocycles. The predicted molar refractivity (Wildman–Crippen MR) is 331 cm³/mol. The van der Waals surface area contributed by atoms with Crippen molar-refractivity contribution in [3.05, 3.63) is 191 Å². The largest absolute Gasteiger partial charge is 0.485 e. The van der Waals surface area contributed by atoms with Crippen molar-refractivity contribution in [1.82, 2.24) is 0 Å². The van der Waals surface area contributed by atoms with Crippen molar-refractivity contribution < 1.29 is 18.0 Å². The molecule has 2 aliphatic rings. The summed E-state index contributed by atoms with van der Waals surface area (Å²) in [6, 6.07) is 50.6. The average molecular weight is 1060 g/mol. The van der Waals surface area contributed by atoms with Crippen molar-refractivity contribution in [3.8, 4) is 47.5 Å². The van der Waals surface area contributed by atoms with E-state index in [2.05, 4.69) is 208 Å². The van der Waals surface area contributed by atoms with Gasteiger partial charge in [0.15, 0.2) is 0 Å². The quantitative estimate of drug-likeness (QED) is 0.0912. The van der Waals surface area contributed by atoms with Gasteiger partial charge in [0, 0.05) is 63.3 Å². The molecule has 0 amide bonds. The monoisotopic (exact) mass is 1060 g/mol. The van der Waals surface area contributed by atoms with E-state index in [1.165, 1.54) is 71.3 Å². The first-order valence-corrected chi connectivity index (χ1v) is 30.4. The first-order valence-electron chi connectivity index (χ1n) is 28.8. The number of ether oxygens (including phenoxy) is 1. The van der Waals surface area contributed by atoms with Crippen LogP contribution in [0.25, 0.3) is 113 Å². The average Bonchev–Trinajstić information content (AvgIpc) is 4.45.